The Bertz CT molecular complexity index is 326. The Morgan fingerprint density at radius 2 is 2.14 bits per heavy atom. The first-order chi connectivity index (χ1) is 6.72. The molecule has 75 valence electrons. The molecule has 1 aromatic rings. The van der Waals surface area contributed by atoms with Gasteiger partial charge in [0.2, 0.25) is 0 Å². The van der Waals surface area contributed by atoms with Gasteiger partial charge in [0.15, 0.2) is 0 Å². The smallest absolute Gasteiger partial charge is 0.0534 e. The van der Waals surface area contributed by atoms with Crippen LogP contribution in [0.15, 0.2) is 18.2 Å². The molecular formula is C13H17O. The number of benzene rings is 1. The summed E-state index contributed by atoms with van der Waals surface area (Å²) in [6.45, 7) is 4.26. The van der Waals surface area contributed by atoms with Gasteiger partial charge in [0.1, 0.15) is 0 Å². The minimum Gasteiger partial charge on any atom is -0.395 e. The molecule has 1 fully saturated rings. The van der Waals surface area contributed by atoms with Gasteiger partial charge in [-0.05, 0) is 42.4 Å². The monoisotopic (exact) mass is 189 g/mol. The first-order valence-electron chi connectivity index (χ1n) is 5.26. The third-order valence-electron chi connectivity index (χ3n) is 3.01. The van der Waals surface area contributed by atoms with Crippen molar-refractivity contribution in [1.29, 1.82) is 0 Å². The van der Waals surface area contributed by atoms with E-state index in [9.17, 15) is 0 Å². The summed E-state index contributed by atoms with van der Waals surface area (Å²) in [5.41, 5.74) is 3.94. The molecule has 1 nitrogen and oxygen atoms in total. The van der Waals surface area contributed by atoms with Crippen molar-refractivity contribution in [3.8, 4) is 0 Å². The Morgan fingerprint density at radius 3 is 2.71 bits per heavy atom. The summed E-state index contributed by atoms with van der Waals surface area (Å²) in [5.74, 6) is 1.87. The number of hydrogen-bond donors (Lipinski definition) is 1. The van der Waals surface area contributed by atoms with Crippen molar-refractivity contribution in [2.75, 3.05) is 6.61 Å². The van der Waals surface area contributed by atoms with Gasteiger partial charge in [0, 0.05) is 5.92 Å². The van der Waals surface area contributed by atoms with Crippen LogP contribution in [0.2, 0.25) is 0 Å². The van der Waals surface area contributed by atoms with Crippen LogP contribution < -0.4 is 0 Å². The fraction of sp³-hybridized carbons (Fsp3) is 0.462. The summed E-state index contributed by atoms with van der Waals surface area (Å²) >= 11 is 0. The van der Waals surface area contributed by atoms with Crippen LogP contribution in [0.3, 0.4) is 0 Å². The highest BCUT2D eigenvalue weighted by Crippen LogP contribution is 2.41. The molecule has 1 aliphatic rings. The number of aryl methyl sites for hydroxylation is 1. The quantitative estimate of drug-likeness (QED) is 0.775. The summed E-state index contributed by atoms with van der Waals surface area (Å²) in [6, 6.07) is 6.64. The SMILES string of the molecule is C[C](CO)c1cc(C2CC2)ccc1C. The predicted molar refractivity (Wildman–Crippen MR) is 58.3 cm³/mol. The second-order valence-corrected chi connectivity index (χ2v) is 4.29. The van der Waals surface area contributed by atoms with E-state index in [1.54, 1.807) is 0 Å². The summed E-state index contributed by atoms with van der Waals surface area (Å²) < 4.78 is 0. The van der Waals surface area contributed by atoms with Crippen LogP contribution in [0.25, 0.3) is 0 Å². The van der Waals surface area contributed by atoms with Gasteiger partial charge in [-0.2, -0.15) is 0 Å². The Hall–Kier alpha value is -0.820. The topological polar surface area (TPSA) is 20.2 Å². The Balaban J connectivity index is 2.31. The van der Waals surface area contributed by atoms with Crippen molar-refractivity contribution in [2.45, 2.75) is 32.6 Å². The molecule has 0 aromatic heterocycles. The minimum atomic E-state index is 0.162. The van der Waals surface area contributed by atoms with Crippen LogP contribution >= 0.6 is 0 Å². The highest BCUT2D eigenvalue weighted by atomic mass is 16.3. The molecule has 0 amide bonds. The normalized spacial score (nSPS) is 16.3. The van der Waals surface area contributed by atoms with E-state index in [0.717, 1.165) is 11.8 Å². The maximum atomic E-state index is 9.12. The molecule has 0 aliphatic heterocycles. The lowest BCUT2D eigenvalue weighted by Crippen LogP contribution is -2.03. The fourth-order valence-electron chi connectivity index (χ4n) is 1.86. The Morgan fingerprint density at radius 1 is 1.43 bits per heavy atom. The van der Waals surface area contributed by atoms with Crippen molar-refractivity contribution in [3.05, 3.63) is 40.8 Å². The molecule has 0 spiro atoms. The number of hydrogen-bond acceptors (Lipinski definition) is 1. The van der Waals surface area contributed by atoms with E-state index in [-0.39, 0.29) is 6.61 Å². The maximum absolute atomic E-state index is 9.12. The van der Waals surface area contributed by atoms with Gasteiger partial charge in [-0.3, -0.25) is 0 Å². The van der Waals surface area contributed by atoms with E-state index in [0.29, 0.717) is 0 Å². The summed E-state index contributed by atoms with van der Waals surface area (Å²) in [7, 11) is 0. The average Bonchev–Trinajstić information content (AvgIpc) is 3.01. The van der Waals surface area contributed by atoms with Crippen LogP contribution in [0.4, 0.5) is 0 Å². The van der Waals surface area contributed by atoms with Crippen molar-refractivity contribution < 1.29 is 5.11 Å². The Kier molecular flexibility index (Phi) is 2.60. The van der Waals surface area contributed by atoms with Crippen LogP contribution in [-0.4, -0.2) is 11.7 Å². The number of aliphatic hydroxyl groups is 1. The molecule has 1 radical (unpaired) electrons. The van der Waals surface area contributed by atoms with Crippen molar-refractivity contribution in [1.82, 2.24) is 0 Å². The zero-order chi connectivity index (χ0) is 10.1. The second kappa shape index (κ2) is 3.74. The first kappa shape index (κ1) is 9.72. The van der Waals surface area contributed by atoms with E-state index in [1.807, 2.05) is 6.92 Å². The predicted octanol–water partition coefficient (Wildman–Crippen LogP) is 2.81. The Labute approximate surface area is 85.8 Å². The van der Waals surface area contributed by atoms with Gasteiger partial charge < -0.3 is 5.11 Å². The van der Waals surface area contributed by atoms with Crippen LogP contribution in [0.5, 0.6) is 0 Å². The molecule has 0 saturated heterocycles. The molecule has 1 saturated carbocycles. The summed E-state index contributed by atoms with van der Waals surface area (Å²) in [5, 5.41) is 9.12. The molecule has 0 unspecified atom stereocenters. The molecule has 14 heavy (non-hydrogen) atoms. The number of rotatable bonds is 3. The van der Waals surface area contributed by atoms with E-state index >= 15 is 0 Å². The minimum absolute atomic E-state index is 0.162. The highest BCUT2D eigenvalue weighted by molar-refractivity contribution is 5.42. The number of aliphatic hydroxyl groups excluding tert-OH is 1. The molecular weight excluding hydrogens is 172 g/mol. The van der Waals surface area contributed by atoms with E-state index in [4.69, 9.17) is 5.11 Å². The van der Waals surface area contributed by atoms with Crippen LogP contribution in [0.1, 0.15) is 42.4 Å². The van der Waals surface area contributed by atoms with Gasteiger partial charge in [0.25, 0.3) is 0 Å². The van der Waals surface area contributed by atoms with E-state index < -0.39 is 0 Å². The molecule has 1 N–H and O–H groups in total. The van der Waals surface area contributed by atoms with E-state index in [2.05, 4.69) is 25.1 Å². The zero-order valence-electron chi connectivity index (χ0n) is 8.88. The average molecular weight is 189 g/mol. The summed E-state index contributed by atoms with van der Waals surface area (Å²) in [4.78, 5) is 0. The zero-order valence-corrected chi connectivity index (χ0v) is 8.88. The van der Waals surface area contributed by atoms with Gasteiger partial charge in [-0.15, -0.1) is 0 Å². The lowest BCUT2D eigenvalue weighted by Gasteiger charge is -2.12. The molecule has 1 heteroatoms. The lowest BCUT2D eigenvalue weighted by molar-refractivity contribution is 0.314. The van der Waals surface area contributed by atoms with Crippen LogP contribution in [-0.2, 0) is 0 Å². The first-order valence-corrected chi connectivity index (χ1v) is 5.26. The second-order valence-electron chi connectivity index (χ2n) is 4.29. The van der Waals surface area contributed by atoms with Crippen molar-refractivity contribution >= 4 is 0 Å². The van der Waals surface area contributed by atoms with E-state index in [1.165, 1.54) is 29.5 Å². The molecule has 2 rings (SSSR count). The highest BCUT2D eigenvalue weighted by Gasteiger charge is 2.24. The van der Waals surface area contributed by atoms with Gasteiger partial charge in [-0.25, -0.2) is 0 Å². The van der Waals surface area contributed by atoms with Crippen molar-refractivity contribution in [2.24, 2.45) is 0 Å². The third-order valence-corrected chi connectivity index (χ3v) is 3.01. The van der Waals surface area contributed by atoms with Crippen molar-refractivity contribution in [3.63, 3.8) is 0 Å². The summed E-state index contributed by atoms with van der Waals surface area (Å²) in [6.07, 6.45) is 2.67. The standard InChI is InChI=1S/C13H17O/c1-9-3-4-12(11-5-6-11)7-13(9)10(2)8-14/h3-4,7,11,14H,5-6,8H2,1-2H3. The third kappa shape index (κ3) is 1.83. The lowest BCUT2D eigenvalue weighted by atomic mass is 9.94. The molecule has 1 aromatic carbocycles. The molecule has 0 bridgehead atoms. The van der Waals surface area contributed by atoms with Gasteiger partial charge in [0.05, 0.1) is 6.61 Å². The van der Waals surface area contributed by atoms with Crippen LogP contribution in [0, 0.1) is 12.8 Å². The molecule has 0 heterocycles. The largest absolute Gasteiger partial charge is 0.395 e. The molecule has 0 atom stereocenters. The molecule has 1 aliphatic carbocycles. The fourth-order valence-corrected chi connectivity index (χ4v) is 1.86. The maximum Gasteiger partial charge on any atom is 0.0534 e. The van der Waals surface area contributed by atoms with Gasteiger partial charge in [-0.1, -0.05) is 25.1 Å². The van der Waals surface area contributed by atoms with Gasteiger partial charge >= 0.3 is 0 Å².